The lowest BCUT2D eigenvalue weighted by molar-refractivity contribution is 0.0950. The molecule has 0 saturated carbocycles. The van der Waals surface area contributed by atoms with Gasteiger partial charge in [-0.05, 0) is 32.3 Å². The van der Waals surface area contributed by atoms with Gasteiger partial charge in [0.2, 0.25) is 0 Å². The summed E-state index contributed by atoms with van der Waals surface area (Å²) in [6.07, 6.45) is 0. The van der Waals surface area contributed by atoms with Crippen LogP contribution in [-0.2, 0) is 0 Å². The van der Waals surface area contributed by atoms with Crippen LogP contribution in [0.1, 0.15) is 10.4 Å². The standard InChI is InChI=1S/C12H17FN2O2/c1-15(2)7-6-14-12(16)9-4-5-11(17-3)10(13)8-9/h4-5,8H,6-7H2,1-3H3,(H,14,16). The lowest BCUT2D eigenvalue weighted by Gasteiger charge is -2.10. The van der Waals surface area contributed by atoms with Crippen molar-refractivity contribution in [1.29, 1.82) is 0 Å². The first-order valence-electron chi connectivity index (χ1n) is 5.31. The van der Waals surface area contributed by atoms with E-state index >= 15 is 0 Å². The normalized spacial score (nSPS) is 10.4. The minimum absolute atomic E-state index is 0.134. The summed E-state index contributed by atoms with van der Waals surface area (Å²) in [6.45, 7) is 1.27. The van der Waals surface area contributed by atoms with Gasteiger partial charge in [-0.1, -0.05) is 0 Å². The summed E-state index contributed by atoms with van der Waals surface area (Å²) < 4.78 is 18.1. The molecule has 0 heterocycles. The molecule has 0 spiro atoms. The van der Waals surface area contributed by atoms with E-state index in [-0.39, 0.29) is 11.7 Å². The Morgan fingerprint density at radius 3 is 2.71 bits per heavy atom. The van der Waals surface area contributed by atoms with E-state index in [2.05, 4.69) is 5.32 Å². The van der Waals surface area contributed by atoms with E-state index in [1.807, 2.05) is 19.0 Å². The number of nitrogens with one attached hydrogen (secondary N) is 1. The van der Waals surface area contributed by atoms with Crippen LogP contribution in [-0.4, -0.2) is 45.1 Å². The molecule has 1 aromatic rings. The predicted molar refractivity (Wildman–Crippen MR) is 63.8 cm³/mol. The molecule has 1 rings (SSSR count). The lowest BCUT2D eigenvalue weighted by atomic mass is 10.2. The second-order valence-electron chi connectivity index (χ2n) is 3.91. The number of hydrogen-bond donors (Lipinski definition) is 1. The Morgan fingerprint density at radius 2 is 2.18 bits per heavy atom. The highest BCUT2D eigenvalue weighted by Crippen LogP contribution is 2.17. The highest BCUT2D eigenvalue weighted by molar-refractivity contribution is 5.94. The third kappa shape index (κ3) is 4.03. The van der Waals surface area contributed by atoms with Crippen molar-refractivity contribution in [3.63, 3.8) is 0 Å². The van der Waals surface area contributed by atoms with Crippen molar-refractivity contribution in [2.24, 2.45) is 0 Å². The summed E-state index contributed by atoms with van der Waals surface area (Å²) >= 11 is 0. The van der Waals surface area contributed by atoms with Gasteiger partial charge in [-0.2, -0.15) is 0 Å². The molecule has 17 heavy (non-hydrogen) atoms. The number of amides is 1. The quantitative estimate of drug-likeness (QED) is 0.838. The number of ether oxygens (including phenoxy) is 1. The Balaban J connectivity index is 2.60. The van der Waals surface area contributed by atoms with Crippen LogP contribution in [0.2, 0.25) is 0 Å². The van der Waals surface area contributed by atoms with Crippen LogP contribution in [0.15, 0.2) is 18.2 Å². The highest BCUT2D eigenvalue weighted by atomic mass is 19.1. The third-order valence-electron chi connectivity index (χ3n) is 2.26. The second kappa shape index (κ2) is 6.20. The summed E-state index contributed by atoms with van der Waals surface area (Å²) in [4.78, 5) is 13.6. The first kappa shape index (κ1) is 13.4. The number of halogens is 1. The first-order valence-corrected chi connectivity index (χ1v) is 5.31. The molecule has 4 nitrogen and oxygen atoms in total. The molecule has 1 amide bonds. The van der Waals surface area contributed by atoms with Crippen LogP contribution in [0.4, 0.5) is 4.39 Å². The van der Waals surface area contributed by atoms with E-state index < -0.39 is 5.82 Å². The maximum atomic E-state index is 13.3. The monoisotopic (exact) mass is 240 g/mol. The van der Waals surface area contributed by atoms with Gasteiger partial charge in [-0.15, -0.1) is 0 Å². The molecule has 0 aliphatic carbocycles. The fourth-order valence-electron chi connectivity index (χ4n) is 1.30. The molecule has 0 aliphatic rings. The number of carbonyl (C=O) groups excluding carboxylic acids is 1. The van der Waals surface area contributed by atoms with Crippen molar-refractivity contribution in [3.8, 4) is 5.75 Å². The first-order chi connectivity index (χ1) is 8.04. The molecule has 1 N–H and O–H groups in total. The van der Waals surface area contributed by atoms with E-state index in [0.717, 1.165) is 6.54 Å². The molecule has 5 heteroatoms. The molecule has 0 fully saturated rings. The van der Waals surface area contributed by atoms with Crippen molar-refractivity contribution >= 4 is 5.91 Å². The van der Waals surface area contributed by atoms with Gasteiger partial charge in [-0.3, -0.25) is 4.79 Å². The van der Waals surface area contributed by atoms with Crippen molar-refractivity contribution < 1.29 is 13.9 Å². The molecule has 0 unspecified atom stereocenters. The maximum absolute atomic E-state index is 13.3. The van der Waals surface area contributed by atoms with Crippen LogP contribution >= 0.6 is 0 Å². The smallest absolute Gasteiger partial charge is 0.251 e. The fourth-order valence-corrected chi connectivity index (χ4v) is 1.30. The van der Waals surface area contributed by atoms with Crippen LogP contribution in [0, 0.1) is 5.82 Å². The van der Waals surface area contributed by atoms with Crippen molar-refractivity contribution in [2.75, 3.05) is 34.3 Å². The minimum atomic E-state index is -0.534. The number of hydrogen-bond acceptors (Lipinski definition) is 3. The fraction of sp³-hybridized carbons (Fsp3) is 0.417. The van der Waals surface area contributed by atoms with Gasteiger partial charge in [0.05, 0.1) is 7.11 Å². The van der Waals surface area contributed by atoms with Gasteiger partial charge in [0.15, 0.2) is 11.6 Å². The molecule has 1 aromatic carbocycles. The van der Waals surface area contributed by atoms with Crippen molar-refractivity contribution in [3.05, 3.63) is 29.6 Å². The maximum Gasteiger partial charge on any atom is 0.251 e. The Labute approximate surface area is 100 Å². The van der Waals surface area contributed by atoms with E-state index in [0.29, 0.717) is 12.1 Å². The van der Waals surface area contributed by atoms with Crippen LogP contribution in [0.5, 0.6) is 5.75 Å². The van der Waals surface area contributed by atoms with Crippen LogP contribution < -0.4 is 10.1 Å². The van der Waals surface area contributed by atoms with Gasteiger partial charge < -0.3 is 15.0 Å². The number of methoxy groups -OCH3 is 1. The average molecular weight is 240 g/mol. The number of rotatable bonds is 5. The number of carbonyl (C=O) groups is 1. The zero-order chi connectivity index (χ0) is 12.8. The molecular formula is C12H17FN2O2. The zero-order valence-electron chi connectivity index (χ0n) is 10.3. The van der Waals surface area contributed by atoms with Crippen molar-refractivity contribution in [2.45, 2.75) is 0 Å². The van der Waals surface area contributed by atoms with Gasteiger partial charge >= 0.3 is 0 Å². The van der Waals surface area contributed by atoms with E-state index in [1.165, 1.54) is 25.3 Å². The van der Waals surface area contributed by atoms with Crippen LogP contribution in [0.3, 0.4) is 0 Å². The summed E-state index contributed by atoms with van der Waals surface area (Å²) in [5.74, 6) is -0.684. The van der Waals surface area contributed by atoms with Crippen LogP contribution in [0.25, 0.3) is 0 Å². The Bertz CT molecular complexity index is 394. The van der Waals surface area contributed by atoms with Gasteiger partial charge in [0.1, 0.15) is 0 Å². The topological polar surface area (TPSA) is 41.6 Å². The summed E-state index contributed by atoms with van der Waals surface area (Å²) in [7, 11) is 5.22. The van der Waals surface area contributed by atoms with Crippen molar-refractivity contribution in [1.82, 2.24) is 10.2 Å². The summed E-state index contributed by atoms with van der Waals surface area (Å²) in [5.41, 5.74) is 0.294. The Hall–Kier alpha value is -1.62. The van der Waals surface area contributed by atoms with E-state index in [9.17, 15) is 9.18 Å². The third-order valence-corrected chi connectivity index (χ3v) is 2.26. The predicted octanol–water partition coefficient (Wildman–Crippen LogP) is 1.13. The lowest BCUT2D eigenvalue weighted by Crippen LogP contribution is -2.31. The highest BCUT2D eigenvalue weighted by Gasteiger charge is 2.09. The average Bonchev–Trinajstić information content (AvgIpc) is 2.28. The Kier molecular flexibility index (Phi) is 4.90. The summed E-state index contributed by atoms with van der Waals surface area (Å²) in [6, 6.07) is 4.15. The second-order valence-corrected chi connectivity index (χ2v) is 3.91. The number of nitrogens with zero attached hydrogens (tertiary/aromatic N) is 1. The molecule has 0 bridgehead atoms. The Morgan fingerprint density at radius 1 is 1.47 bits per heavy atom. The van der Waals surface area contributed by atoms with Gasteiger partial charge in [0.25, 0.3) is 5.91 Å². The van der Waals surface area contributed by atoms with Gasteiger partial charge in [-0.25, -0.2) is 4.39 Å². The molecule has 0 saturated heterocycles. The molecule has 0 aromatic heterocycles. The molecule has 0 radical (unpaired) electrons. The van der Waals surface area contributed by atoms with Gasteiger partial charge in [0, 0.05) is 18.7 Å². The minimum Gasteiger partial charge on any atom is -0.494 e. The molecule has 0 atom stereocenters. The van der Waals surface area contributed by atoms with E-state index in [4.69, 9.17) is 4.74 Å². The summed E-state index contributed by atoms with van der Waals surface area (Å²) in [5, 5.41) is 2.71. The molecule has 94 valence electrons. The molecule has 0 aliphatic heterocycles. The number of benzene rings is 1. The van der Waals surface area contributed by atoms with E-state index in [1.54, 1.807) is 0 Å². The molecular weight excluding hydrogens is 223 g/mol. The largest absolute Gasteiger partial charge is 0.494 e. The SMILES string of the molecule is COc1ccc(C(=O)NCCN(C)C)cc1F. The zero-order valence-corrected chi connectivity index (χ0v) is 10.3. The number of likely N-dealkylation sites (N-methyl/N-ethyl adjacent to an activating group) is 1.